The summed E-state index contributed by atoms with van der Waals surface area (Å²) in [5.74, 6) is -0.159. The molecule has 0 atom stereocenters. The molecule has 0 saturated heterocycles. The summed E-state index contributed by atoms with van der Waals surface area (Å²) in [7, 11) is -0.971. The number of amides is 1. The highest BCUT2D eigenvalue weighted by Crippen LogP contribution is 2.17. The van der Waals surface area contributed by atoms with Gasteiger partial charge in [0.05, 0.1) is 0 Å². The second kappa shape index (κ2) is 5.06. The third kappa shape index (κ3) is 2.70. The summed E-state index contributed by atoms with van der Waals surface area (Å²) >= 11 is 0. The average Bonchev–Trinajstić information content (AvgIpc) is 2.98. The molecule has 2 rings (SSSR count). The number of furan rings is 1. The molecule has 1 amide bonds. The number of hydrogen-bond donors (Lipinski definition) is 2. The molecule has 0 spiro atoms. The molecular weight excluding hydrogens is 286 g/mol. The van der Waals surface area contributed by atoms with Gasteiger partial charge < -0.3 is 4.42 Å². The lowest BCUT2D eigenvalue weighted by Gasteiger charge is -2.07. The van der Waals surface area contributed by atoms with Crippen molar-refractivity contribution >= 4 is 21.9 Å². The average molecular weight is 299 g/mol. The third-order valence-electron chi connectivity index (χ3n) is 2.36. The van der Waals surface area contributed by atoms with Crippen LogP contribution in [0.5, 0.6) is 0 Å². The number of H-pyrrole nitrogens is 1. The zero-order valence-corrected chi connectivity index (χ0v) is 11.9. The quantitative estimate of drug-likeness (QED) is 0.832. The van der Waals surface area contributed by atoms with Crippen LogP contribution in [0.2, 0.25) is 0 Å². The fourth-order valence-electron chi connectivity index (χ4n) is 1.32. The van der Waals surface area contributed by atoms with E-state index in [0.717, 1.165) is 4.31 Å². The summed E-state index contributed by atoms with van der Waals surface area (Å²) in [5.41, 5.74) is 0. The molecule has 0 aliphatic carbocycles. The van der Waals surface area contributed by atoms with E-state index in [2.05, 4.69) is 20.5 Å². The molecule has 10 heteroatoms. The van der Waals surface area contributed by atoms with Crippen molar-refractivity contribution in [2.45, 2.75) is 12.0 Å². The Balaban J connectivity index is 2.19. The number of nitrogens with one attached hydrogen (secondary N) is 2. The molecule has 0 aromatic carbocycles. The molecular formula is C10H13N5O4S. The van der Waals surface area contributed by atoms with Gasteiger partial charge in [0.25, 0.3) is 15.9 Å². The van der Waals surface area contributed by atoms with Gasteiger partial charge in [-0.1, -0.05) is 0 Å². The van der Waals surface area contributed by atoms with Crippen LogP contribution >= 0.6 is 0 Å². The normalized spacial score (nSPS) is 11.8. The number of hydrogen-bond acceptors (Lipinski definition) is 6. The van der Waals surface area contributed by atoms with Crippen molar-refractivity contribution in [1.29, 1.82) is 0 Å². The SMILES string of the molecule is Cc1nc(NC(=O)c2ccc(S(=O)(=O)N(C)C)o2)n[nH]1. The highest BCUT2D eigenvalue weighted by atomic mass is 32.2. The van der Waals surface area contributed by atoms with Gasteiger partial charge in [-0.25, -0.2) is 12.7 Å². The van der Waals surface area contributed by atoms with Crippen LogP contribution in [0.1, 0.15) is 16.4 Å². The minimum atomic E-state index is -3.71. The summed E-state index contributed by atoms with van der Waals surface area (Å²) in [5, 5.41) is 8.36. The highest BCUT2D eigenvalue weighted by molar-refractivity contribution is 7.88. The van der Waals surface area contributed by atoms with E-state index in [1.807, 2.05) is 0 Å². The molecule has 20 heavy (non-hydrogen) atoms. The van der Waals surface area contributed by atoms with E-state index in [9.17, 15) is 13.2 Å². The topological polar surface area (TPSA) is 121 Å². The summed E-state index contributed by atoms with van der Waals surface area (Å²) in [6.07, 6.45) is 0. The van der Waals surface area contributed by atoms with Crippen LogP contribution in [0.15, 0.2) is 21.6 Å². The van der Waals surface area contributed by atoms with Crippen LogP contribution in [0.25, 0.3) is 0 Å². The first kappa shape index (κ1) is 14.2. The molecule has 0 radical (unpaired) electrons. The van der Waals surface area contributed by atoms with Gasteiger partial charge >= 0.3 is 0 Å². The van der Waals surface area contributed by atoms with Gasteiger partial charge in [-0.3, -0.25) is 15.2 Å². The first-order chi connectivity index (χ1) is 9.30. The summed E-state index contributed by atoms with van der Waals surface area (Å²) in [6.45, 7) is 1.68. The fourth-order valence-corrected chi connectivity index (χ4v) is 2.12. The fraction of sp³-hybridized carbons (Fsp3) is 0.300. The predicted molar refractivity (Wildman–Crippen MR) is 68.7 cm³/mol. The highest BCUT2D eigenvalue weighted by Gasteiger charge is 2.23. The lowest BCUT2D eigenvalue weighted by Crippen LogP contribution is -2.21. The first-order valence-corrected chi connectivity index (χ1v) is 6.97. The van der Waals surface area contributed by atoms with Crippen LogP contribution in [0.3, 0.4) is 0 Å². The lowest BCUT2D eigenvalue weighted by molar-refractivity contribution is 0.0990. The maximum absolute atomic E-state index is 11.8. The van der Waals surface area contributed by atoms with Crippen molar-refractivity contribution in [3.63, 3.8) is 0 Å². The van der Waals surface area contributed by atoms with E-state index in [1.54, 1.807) is 6.92 Å². The van der Waals surface area contributed by atoms with Crippen LogP contribution in [-0.2, 0) is 10.0 Å². The van der Waals surface area contributed by atoms with Crippen molar-refractivity contribution in [2.75, 3.05) is 19.4 Å². The Hall–Kier alpha value is -2.20. The Labute approximate surface area is 115 Å². The zero-order valence-electron chi connectivity index (χ0n) is 11.0. The minimum absolute atomic E-state index is 0.0842. The molecule has 108 valence electrons. The van der Waals surface area contributed by atoms with Gasteiger partial charge in [0, 0.05) is 14.1 Å². The van der Waals surface area contributed by atoms with E-state index in [4.69, 9.17) is 4.42 Å². The molecule has 0 saturated carbocycles. The van der Waals surface area contributed by atoms with Crippen molar-refractivity contribution < 1.29 is 17.6 Å². The van der Waals surface area contributed by atoms with Gasteiger partial charge in [0.1, 0.15) is 5.82 Å². The number of nitrogens with zero attached hydrogens (tertiary/aromatic N) is 3. The largest absolute Gasteiger partial charge is 0.438 e. The molecule has 2 aromatic heterocycles. The Kier molecular flexibility index (Phi) is 3.59. The summed E-state index contributed by atoms with van der Waals surface area (Å²) in [6, 6.07) is 2.48. The van der Waals surface area contributed by atoms with Gasteiger partial charge in [-0.2, -0.15) is 4.98 Å². The second-order valence-corrected chi connectivity index (χ2v) is 6.19. The minimum Gasteiger partial charge on any atom is -0.438 e. The smallest absolute Gasteiger partial charge is 0.293 e. The lowest BCUT2D eigenvalue weighted by atomic mass is 10.4. The van der Waals surface area contributed by atoms with Crippen LogP contribution in [0.4, 0.5) is 5.95 Å². The van der Waals surface area contributed by atoms with E-state index in [0.29, 0.717) is 5.82 Å². The Morgan fingerprint density at radius 3 is 2.65 bits per heavy atom. The number of anilines is 1. The van der Waals surface area contributed by atoms with Crippen LogP contribution in [-0.4, -0.2) is 47.9 Å². The molecule has 2 heterocycles. The van der Waals surface area contributed by atoms with E-state index < -0.39 is 15.9 Å². The molecule has 0 unspecified atom stereocenters. The number of carbonyl (C=O) groups is 1. The third-order valence-corrected chi connectivity index (χ3v) is 4.05. The van der Waals surface area contributed by atoms with Crippen molar-refractivity contribution in [2.24, 2.45) is 0 Å². The van der Waals surface area contributed by atoms with Gasteiger partial charge in [-0.05, 0) is 19.1 Å². The molecule has 9 nitrogen and oxygen atoms in total. The first-order valence-electron chi connectivity index (χ1n) is 5.53. The number of rotatable bonds is 4. The number of aromatic amines is 1. The maximum Gasteiger partial charge on any atom is 0.293 e. The van der Waals surface area contributed by atoms with Crippen LogP contribution in [0, 0.1) is 6.92 Å². The number of aromatic nitrogens is 3. The van der Waals surface area contributed by atoms with Crippen molar-refractivity contribution in [1.82, 2.24) is 19.5 Å². The van der Waals surface area contributed by atoms with Crippen LogP contribution < -0.4 is 5.32 Å². The molecule has 0 bridgehead atoms. The number of sulfonamides is 1. The maximum atomic E-state index is 11.8. The van der Waals surface area contributed by atoms with E-state index in [-0.39, 0.29) is 16.8 Å². The second-order valence-electron chi connectivity index (χ2n) is 4.10. The number of aryl methyl sites for hydroxylation is 1. The van der Waals surface area contributed by atoms with Gasteiger partial charge in [0.2, 0.25) is 11.0 Å². The molecule has 0 aliphatic rings. The molecule has 2 N–H and O–H groups in total. The van der Waals surface area contributed by atoms with Gasteiger partial charge in [-0.15, -0.1) is 5.10 Å². The monoisotopic (exact) mass is 299 g/mol. The van der Waals surface area contributed by atoms with E-state index >= 15 is 0 Å². The van der Waals surface area contributed by atoms with E-state index in [1.165, 1.54) is 26.2 Å². The predicted octanol–water partition coefficient (Wildman–Crippen LogP) is 0.209. The number of carbonyl (C=O) groups excluding carboxylic acids is 1. The summed E-state index contributed by atoms with van der Waals surface area (Å²) in [4.78, 5) is 15.7. The molecule has 2 aromatic rings. The standard InChI is InChI=1S/C10H13N5O4S/c1-6-11-10(14-13-6)12-9(16)7-4-5-8(19-7)20(17,18)15(2)3/h4-5H,1-3H3,(H2,11,12,13,14,16). The Morgan fingerprint density at radius 1 is 1.40 bits per heavy atom. The van der Waals surface area contributed by atoms with Crippen molar-refractivity contribution in [3.05, 3.63) is 23.7 Å². The molecule has 0 fully saturated rings. The Bertz CT molecular complexity index is 730. The zero-order chi connectivity index (χ0) is 14.9. The summed E-state index contributed by atoms with van der Waals surface area (Å²) < 4.78 is 29.6. The van der Waals surface area contributed by atoms with Gasteiger partial charge in [0.15, 0.2) is 5.76 Å². The Morgan fingerprint density at radius 2 is 2.10 bits per heavy atom. The van der Waals surface area contributed by atoms with Crippen molar-refractivity contribution in [3.8, 4) is 0 Å². The molecule has 0 aliphatic heterocycles.